The third kappa shape index (κ3) is 6.26. The SMILES string of the molecule is CCC(C)(C)c1ccc(O)c(C(C)(C)CC)c1.CCC(C)(C)c1ccccc1O. The molecule has 2 aromatic rings. The number of rotatable bonds is 6. The second-order valence-electron chi connectivity index (χ2n) is 9.96. The van der Waals surface area contributed by atoms with E-state index in [9.17, 15) is 10.2 Å². The van der Waals surface area contributed by atoms with Gasteiger partial charge in [-0.3, -0.25) is 0 Å². The third-order valence-electron chi connectivity index (χ3n) is 6.79. The summed E-state index contributed by atoms with van der Waals surface area (Å²) in [6, 6.07) is 13.6. The highest BCUT2D eigenvalue weighted by molar-refractivity contribution is 5.43. The number of hydrogen-bond donors (Lipinski definition) is 2. The zero-order valence-corrected chi connectivity index (χ0v) is 20.1. The van der Waals surface area contributed by atoms with E-state index >= 15 is 0 Å². The molecule has 0 aromatic heterocycles. The second-order valence-corrected chi connectivity index (χ2v) is 9.96. The van der Waals surface area contributed by atoms with Crippen molar-refractivity contribution in [2.75, 3.05) is 0 Å². The summed E-state index contributed by atoms with van der Waals surface area (Å²) in [5.74, 6) is 0.830. The summed E-state index contributed by atoms with van der Waals surface area (Å²) in [5, 5.41) is 19.6. The Labute approximate surface area is 179 Å². The van der Waals surface area contributed by atoms with E-state index < -0.39 is 0 Å². The van der Waals surface area contributed by atoms with Gasteiger partial charge in [-0.1, -0.05) is 92.6 Å². The molecule has 2 heteroatoms. The molecule has 0 aliphatic rings. The molecule has 0 radical (unpaired) electrons. The molecule has 0 unspecified atom stereocenters. The highest BCUT2D eigenvalue weighted by atomic mass is 16.3. The zero-order chi connectivity index (χ0) is 22.5. The highest BCUT2D eigenvalue weighted by Gasteiger charge is 2.25. The van der Waals surface area contributed by atoms with Crippen LogP contribution in [-0.4, -0.2) is 10.2 Å². The lowest BCUT2D eigenvalue weighted by Gasteiger charge is -2.29. The molecule has 29 heavy (non-hydrogen) atoms. The predicted molar refractivity (Wildman–Crippen MR) is 126 cm³/mol. The topological polar surface area (TPSA) is 40.5 Å². The first-order valence-corrected chi connectivity index (χ1v) is 10.9. The lowest BCUT2D eigenvalue weighted by atomic mass is 9.76. The number of para-hydroxylation sites is 1. The van der Waals surface area contributed by atoms with Crippen LogP contribution in [-0.2, 0) is 16.2 Å². The van der Waals surface area contributed by atoms with Gasteiger partial charge < -0.3 is 10.2 Å². The lowest BCUT2D eigenvalue weighted by molar-refractivity contribution is 0.425. The van der Waals surface area contributed by atoms with Gasteiger partial charge in [0.25, 0.3) is 0 Å². The Kier molecular flexibility index (Phi) is 8.38. The van der Waals surface area contributed by atoms with Crippen molar-refractivity contribution >= 4 is 0 Å². The van der Waals surface area contributed by atoms with Gasteiger partial charge in [-0.15, -0.1) is 0 Å². The van der Waals surface area contributed by atoms with Crippen LogP contribution < -0.4 is 0 Å². The zero-order valence-electron chi connectivity index (χ0n) is 20.1. The summed E-state index contributed by atoms with van der Waals surface area (Å²) in [5.41, 5.74) is 3.70. The summed E-state index contributed by atoms with van der Waals surface area (Å²) in [6.07, 6.45) is 3.16. The van der Waals surface area contributed by atoms with E-state index in [4.69, 9.17) is 0 Å². The molecule has 0 aliphatic heterocycles. The Bertz CT molecular complexity index is 785. The minimum Gasteiger partial charge on any atom is -0.508 e. The van der Waals surface area contributed by atoms with Crippen molar-refractivity contribution in [3.63, 3.8) is 0 Å². The van der Waals surface area contributed by atoms with E-state index in [2.05, 4.69) is 68.4 Å². The van der Waals surface area contributed by atoms with Crippen LogP contribution in [0.5, 0.6) is 11.5 Å². The van der Waals surface area contributed by atoms with E-state index in [1.54, 1.807) is 6.07 Å². The fourth-order valence-electron chi connectivity index (χ4n) is 3.13. The Hall–Kier alpha value is -1.96. The van der Waals surface area contributed by atoms with Gasteiger partial charge in [0.2, 0.25) is 0 Å². The standard InChI is InChI=1S/C16H26O.C11H16O/c1-7-15(3,4)12-9-10-14(17)13(11-12)16(5,6)8-2;1-4-11(2,3)9-7-5-6-8-10(9)12/h9-11,17H,7-8H2,1-6H3;5-8,12H,4H2,1-3H3. The molecule has 2 aromatic carbocycles. The van der Waals surface area contributed by atoms with Crippen LogP contribution in [0.4, 0.5) is 0 Å². The van der Waals surface area contributed by atoms with Crippen molar-refractivity contribution in [3.05, 3.63) is 59.2 Å². The molecule has 0 aliphatic carbocycles. The average Bonchev–Trinajstić information content (AvgIpc) is 2.68. The van der Waals surface area contributed by atoms with Gasteiger partial charge in [-0.2, -0.15) is 0 Å². The third-order valence-corrected chi connectivity index (χ3v) is 6.79. The molecule has 0 fully saturated rings. The molecule has 162 valence electrons. The summed E-state index contributed by atoms with van der Waals surface area (Å²) in [6.45, 7) is 19.7. The van der Waals surface area contributed by atoms with Crippen LogP contribution in [0, 0.1) is 0 Å². The Morgan fingerprint density at radius 3 is 1.52 bits per heavy atom. The largest absolute Gasteiger partial charge is 0.508 e. The van der Waals surface area contributed by atoms with Gasteiger partial charge >= 0.3 is 0 Å². The fraction of sp³-hybridized carbons (Fsp3) is 0.556. The minimum absolute atomic E-state index is 0.0317. The van der Waals surface area contributed by atoms with Crippen LogP contribution in [0.3, 0.4) is 0 Å². The van der Waals surface area contributed by atoms with Crippen molar-refractivity contribution in [1.29, 1.82) is 0 Å². The fourth-order valence-corrected chi connectivity index (χ4v) is 3.13. The molecular formula is C27H42O2. The van der Waals surface area contributed by atoms with Gasteiger partial charge in [0.1, 0.15) is 11.5 Å². The Balaban J connectivity index is 0.000000308. The van der Waals surface area contributed by atoms with Crippen molar-refractivity contribution < 1.29 is 10.2 Å². The summed E-state index contributed by atoms with van der Waals surface area (Å²) in [7, 11) is 0. The van der Waals surface area contributed by atoms with Crippen molar-refractivity contribution in [2.24, 2.45) is 0 Å². The van der Waals surface area contributed by atoms with Crippen LogP contribution in [0.2, 0.25) is 0 Å². The van der Waals surface area contributed by atoms with Crippen LogP contribution in [0.15, 0.2) is 42.5 Å². The molecular weight excluding hydrogens is 356 g/mol. The van der Waals surface area contributed by atoms with Crippen LogP contribution in [0.25, 0.3) is 0 Å². The molecule has 2 N–H and O–H groups in total. The number of phenols is 2. The van der Waals surface area contributed by atoms with Crippen molar-refractivity contribution in [1.82, 2.24) is 0 Å². The summed E-state index contributed by atoms with van der Waals surface area (Å²) < 4.78 is 0. The number of phenolic OH excluding ortho intramolecular Hbond substituents is 2. The average molecular weight is 399 g/mol. The maximum atomic E-state index is 10.0. The first kappa shape index (κ1) is 25.1. The molecule has 0 amide bonds. The molecule has 0 spiro atoms. The van der Waals surface area contributed by atoms with E-state index in [-0.39, 0.29) is 16.2 Å². The molecule has 0 saturated heterocycles. The number of aromatic hydroxyl groups is 2. The number of benzene rings is 2. The van der Waals surface area contributed by atoms with E-state index in [0.29, 0.717) is 11.5 Å². The van der Waals surface area contributed by atoms with Gasteiger partial charge in [0.15, 0.2) is 0 Å². The van der Waals surface area contributed by atoms with E-state index in [0.717, 1.165) is 30.4 Å². The van der Waals surface area contributed by atoms with Crippen LogP contribution >= 0.6 is 0 Å². The summed E-state index contributed by atoms with van der Waals surface area (Å²) >= 11 is 0. The van der Waals surface area contributed by atoms with Gasteiger partial charge in [-0.25, -0.2) is 0 Å². The molecule has 2 rings (SSSR count). The highest BCUT2D eigenvalue weighted by Crippen LogP contribution is 2.37. The monoisotopic (exact) mass is 398 g/mol. The van der Waals surface area contributed by atoms with Crippen molar-refractivity contribution in [3.8, 4) is 11.5 Å². The van der Waals surface area contributed by atoms with E-state index in [1.807, 2.05) is 30.3 Å². The maximum absolute atomic E-state index is 10.0. The summed E-state index contributed by atoms with van der Waals surface area (Å²) in [4.78, 5) is 0. The maximum Gasteiger partial charge on any atom is 0.119 e. The van der Waals surface area contributed by atoms with Crippen LogP contribution in [0.1, 0.15) is 98.3 Å². The van der Waals surface area contributed by atoms with Gasteiger partial charge in [0.05, 0.1) is 0 Å². The predicted octanol–water partition coefficient (Wildman–Crippen LogP) is 7.85. The normalized spacial score (nSPS) is 12.3. The quantitative estimate of drug-likeness (QED) is 0.520. The Morgan fingerprint density at radius 1 is 0.586 bits per heavy atom. The molecule has 0 heterocycles. The lowest BCUT2D eigenvalue weighted by Crippen LogP contribution is -2.20. The molecule has 2 nitrogen and oxygen atoms in total. The smallest absolute Gasteiger partial charge is 0.119 e. The van der Waals surface area contributed by atoms with Gasteiger partial charge in [-0.05, 0) is 64.3 Å². The molecule has 0 bridgehead atoms. The Morgan fingerprint density at radius 2 is 1.03 bits per heavy atom. The molecule has 0 atom stereocenters. The minimum atomic E-state index is 0.0317. The van der Waals surface area contributed by atoms with E-state index in [1.165, 1.54) is 5.56 Å². The van der Waals surface area contributed by atoms with Gasteiger partial charge in [0, 0.05) is 0 Å². The first-order valence-electron chi connectivity index (χ1n) is 10.9. The number of hydrogen-bond acceptors (Lipinski definition) is 2. The first-order chi connectivity index (χ1) is 13.3. The second kappa shape index (κ2) is 9.69. The van der Waals surface area contributed by atoms with Crippen molar-refractivity contribution in [2.45, 2.75) is 97.8 Å². The molecule has 0 saturated carbocycles.